The third-order valence-electron chi connectivity index (χ3n) is 20.7. The molecular weight excluding hydrogens is 1700 g/mol. The number of benzene rings is 8. The smallest absolute Gasteiger partial charge is 0.407 e. The summed E-state index contributed by atoms with van der Waals surface area (Å²) in [5.74, 6) is -2.02. The van der Waals surface area contributed by atoms with Gasteiger partial charge in [-0.3, -0.25) is 38.8 Å². The Bertz CT molecular complexity index is 3910. The summed E-state index contributed by atoms with van der Waals surface area (Å²) in [5.41, 5.74) is 5.98. The lowest BCUT2D eigenvalue weighted by molar-refractivity contribution is -0.140. The van der Waals surface area contributed by atoms with E-state index in [1.165, 1.54) is 19.6 Å². The van der Waals surface area contributed by atoms with Gasteiger partial charge in [-0.25, -0.2) is 38.4 Å². The monoisotopic (exact) mass is 1820 g/mol. The fourth-order valence-electron chi connectivity index (χ4n) is 13.4. The Morgan fingerprint density at radius 3 is 0.417 bits per heavy atom. The Labute approximate surface area is 769 Å². The highest BCUT2D eigenvalue weighted by Gasteiger charge is 2.30. The van der Waals surface area contributed by atoms with Crippen LogP contribution in [0.15, 0.2) is 243 Å². The predicted octanol–water partition coefficient (Wildman–Crippen LogP) is 7.93. The minimum atomic E-state index is -0.733. The molecule has 0 unspecified atom stereocenters. The van der Waals surface area contributed by atoms with Crippen molar-refractivity contribution in [3.05, 3.63) is 287 Å². The zero-order chi connectivity index (χ0) is 93.2. The molecule has 0 aliphatic carbocycles. The van der Waals surface area contributed by atoms with E-state index in [-0.39, 0.29) is 236 Å². The lowest BCUT2D eigenvalue weighted by Gasteiger charge is -2.36. The maximum absolute atomic E-state index is 15.6. The SMILES string of the molecule is O=C(NCCN(CCNC(=O)OCc1ccccc1)CC(=O)N1CCN(C(=O)CN(CCNC(=O)OCc2ccccc2)CCNC(=O)OCc2ccccc2)CCN(C(=O)CN(CCNC(=O)OCc2ccccc2)CCNC(=O)OCc2ccccc2)CCN(C(=O)CN(CCNC(=O)OCc2ccccc2)CCNC(=O)OCc2ccccc2)CC1)OCc1ccccc1. The first-order chi connectivity index (χ1) is 64.4. The Kier molecular flexibility index (Phi) is 45.9. The summed E-state index contributed by atoms with van der Waals surface area (Å²) in [6, 6.07) is 72.6. The molecule has 0 bridgehead atoms. The standard InChI is InChI=1S/C96H120N16O20/c113-85(65-105(49-41-97-89(117)125-69-77-25-9-1-10-26-77)50-42-98-90(118)126-70-78-27-11-2-12-28-78)109-57-59-110(86(114)66-106(51-43-99-91(119)127-71-79-29-13-3-14-30-79)52-44-100-92(120)128-72-80-31-15-4-16-32-80)61-63-112(88(116)68-108(55-47-103-95(123)131-75-83-37-21-7-22-38-83)56-48-104-96(124)132-76-84-39-23-8-24-40-84)64-62-111(60-58-109)87(115)67-107(53-45-101-93(121)129-73-81-33-17-5-18-34-81)54-46-102-94(122)130-74-82-35-19-6-20-36-82/h1-40H,41-76H2,(H,97,117)(H,98,118)(H,99,119)(H,100,120)(H,101,121)(H,102,122)(H,103,123)(H,104,124). The van der Waals surface area contributed by atoms with E-state index in [9.17, 15) is 38.4 Å². The van der Waals surface area contributed by atoms with Gasteiger partial charge in [0.2, 0.25) is 23.6 Å². The topological polar surface area (TPSA) is 401 Å². The van der Waals surface area contributed by atoms with Crippen molar-refractivity contribution in [1.82, 2.24) is 81.7 Å². The fourth-order valence-corrected chi connectivity index (χ4v) is 13.4. The molecule has 132 heavy (non-hydrogen) atoms. The van der Waals surface area contributed by atoms with Gasteiger partial charge in [0.1, 0.15) is 52.9 Å². The van der Waals surface area contributed by atoms with Crippen LogP contribution in [0.1, 0.15) is 44.5 Å². The number of ether oxygens (including phenoxy) is 8. The molecule has 0 spiro atoms. The second-order valence-electron chi connectivity index (χ2n) is 30.5. The van der Waals surface area contributed by atoms with Crippen molar-refractivity contribution in [2.45, 2.75) is 52.9 Å². The average molecular weight is 1820 g/mol. The Morgan fingerprint density at radius 1 is 0.189 bits per heavy atom. The molecule has 8 aromatic carbocycles. The number of hydrogen-bond acceptors (Lipinski definition) is 24. The predicted molar refractivity (Wildman–Crippen MR) is 489 cm³/mol. The molecule has 1 aliphatic rings. The van der Waals surface area contributed by atoms with Crippen LogP contribution in [0.25, 0.3) is 0 Å². The van der Waals surface area contributed by atoms with Gasteiger partial charge in [0.15, 0.2) is 0 Å². The molecule has 0 radical (unpaired) electrons. The van der Waals surface area contributed by atoms with Gasteiger partial charge < -0.3 is 100 Å². The van der Waals surface area contributed by atoms with E-state index in [0.29, 0.717) is 0 Å². The summed E-state index contributed by atoms with van der Waals surface area (Å²) in [5, 5.41) is 22.1. The van der Waals surface area contributed by atoms with Crippen molar-refractivity contribution in [3.63, 3.8) is 0 Å². The molecule has 36 nitrogen and oxygen atoms in total. The summed E-state index contributed by atoms with van der Waals surface area (Å²) in [7, 11) is 0. The van der Waals surface area contributed by atoms with Crippen LogP contribution in [-0.4, -0.2) is 295 Å². The molecule has 0 saturated carbocycles. The van der Waals surface area contributed by atoms with Crippen molar-refractivity contribution in [2.75, 3.05) is 183 Å². The molecule has 36 heteroatoms. The van der Waals surface area contributed by atoms with Gasteiger partial charge in [0.25, 0.3) is 0 Å². The normalized spacial score (nSPS) is 12.2. The average Bonchev–Trinajstić information content (AvgIpc) is 0.854. The molecule has 1 fully saturated rings. The molecule has 12 amide bonds. The largest absolute Gasteiger partial charge is 0.445 e. The number of alkyl carbamates (subject to hydrolysis) is 8. The van der Waals surface area contributed by atoms with Crippen LogP contribution >= 0.6 is 0 Å². The van der Waals surface area contributed by atoms with Crippen LogP contribution < -0.4 is 42.5 Å². The van der Waals surface area contributed by atoms with Gasteiger partial charge in [-0.2, -0.15) is 0 Å². The molecule has 9 rings (SSSR count). The van der Waals surface area contributed by atoms with Crippen molar-refractivity contribution < 1.29 is 95.4 Å². The number of carbonyl (C=O) groups is 12. The third kappa shape index (κ3) is 42.3. The number of amides is 12. The molecule has 1 saturated heterocycles. The molecule has 0 aromatic heterocycles. The zero-order valence-electron chi connectivity index (χ0n) is 74.3. The van der Waals surface area contributed by atoms with Gasteiger partial charge in [-0.15, -0.1) is 0 Å². The van der Waals surface area contributed by atoms with Crippen molar-refractivity contribution in [1.29, 1.82) is 0 Å². The minimum Gasteiger partial charge on any atom is -0.445 e. The van der Waals surface area contributed by atoms with E-state index in [1.54, 1.807) is 117 Å². The number of nitrogens with one attached hydrogen (secondary N) is 8. The van der Waals surface area contributed by atoms with E-state index in [0.717, 1.165) is 44.5 Å². The molecule has 8 N–H and O–H groups in total. The van der Waals surface area contributed by atoms with Crippen LogP contribution in [-0.2, 0) is 110 Å². The van der Waals surface area contributed by atoms with Crippen molar-refractivity contribution in [3.8, 4) is 0 Å². The number of nitrogens with zero attached hydrogens (tertiary/aromatic N) is 8. The summed E-state index contributed by atoms with van der Waals surface area (Å²) in [6.45, 7) is -3.04. The van der Waals surface area contributed by atoms with E-state index in [4.69, 9.17) is 37.9 Å². The maximum Gasteiger partial charge on any atom is 0.407 e. The van der Waals surface area contributed by atoms with Gasteiger partial charge in [0.05, 0.1) is 26.2 Å². The number of rotatable bonds is 48. The molecule has 0 atom stereocenters. The number of carbonyl (C=O) groups excluding carboxylic acids is 12. The van der Waals surface area contributed by atoms with Gasteiger partial charge in [-0.1, -0.05) is 243 Å². The number of hydrogen-bond donors (Lipinski definition) is 8. The van der Waals surface area contributed by atoms with Crippen LogP contribution in [0.2, 0.25) is 0 Å². The fraction of sp³-hybridized carbons (Fsp3) is 0.375. The summed E-state index contributed by atoms with van der Waals surface area (Å²) < 4.78 is 44.2. The van der Waals surface area contributed by atoms with Gasteiger partial charge >= 0.3 is 48.7 Å². The van der Waals surface area contributed by atoms with Crippen LogP contribution in [0, 0.1) is 0 Å². The van der Waals surface area contributed by atoms with Crippen LogP contribution in [0.4, 0.5) is 38.4 Å². The maximum atomic E-state index is 15.6. The second kappa shape index (κ2) is 59.7. The van der Waals surface area contributed by atoms with E-state index in [1.807, 2.05) is 146 Å². The summed E-state index contributed by atoms with van der Waals surface area (Å²) in [6.07, 6.45) is -5.87. The van der Waals surface area contributed by atoms with Crippen LogP contribution in [0.3, 0.4) is 0 Å². The van der Waals surface area contributed by atoms with Gasteiger partial charge in [0, 0.05) is 157 Å². The molecular formula is C96H120N16O20. The lowest BCUT2D eigenvalue weighted by Crippen LogP contribution is -2.55. The third-order valence-corrected chi connectivity index (χ3v) is 20.7. The molecule has 8 aromatic rings. The first kappa shape index (κ1) is 101. The highest BCUT2D eigenvalue weighted by Crippen LogP contribution is 2.13. The quantitative estimate of drug-likeness (QED) is 0.0168. The summed E-state index contributed by atoms with van der Waals surface area (Å²) >= 11 is 0. The van der Waals surface area contributed by atoms with Crippen molar-refractivity contribution >= 4 is 72.4 Å². The zero-order valence-corrected chi connectivity index (χ0v) is 74.3. The Morgan fingerprint density at radius 2 is 0.303 bits per heavy atom. The van der Waals surface area contributed by atoms with E-state index < -0.39 is 72.4 Å². The highest BCUT2D eigenvalue weighted by atomic mass is 16.6. The first-order valence-corrected chi connectivity index (χ1v) is 44.0. The van der Waals surface area contributed by atoms with Crippen LogP contribution in [0.5, 0.6) is 0 Å². The van der Waals surface area contributed by atoms with E-state index >= 15 is 19.2 Å². The Hall–Kier alpha value is -14.4. The summed E-state index contributed by atoms with van der Waals surface area (Å²) in [4.78, 5) is 181. The molecule has 1 aliphatic heterocycles. The lowest BCUT2D eigenvalue weighted by atomic mass is 10.2. The van der Waals surface area contributed by atoms with E-state index in [2.05, 4.69) is 42.5 Å². The molecule has 1 heterocycles. The highest BCUT2D eigenvalue weighted by molar-refractivity contribution is 5.82. The van der Waals surface area contributed by atoms with Gasteiger partial charge in [-0.05, 0) is 44.5 Å². The Balaban J connectivity index is 1.02. The first-order valence-electron chi connectivity index (χ1n) is 44.0. The minimum absolute atomic E-state index is 0.0241. The molecule has 704 valence electrons. The van der Waals surface area contributed by atoms with Crippen molar-refractivity contribution in [2.24, 2.45) is 0 Å². The second-order valence-corrected chi connectivity index (χ2v) is 30.5.